The van der Waals surface area contributed by atoms with Crippen LogP contribution >= 0.6 is 0 Å². The van der Waals surface area contributed by atoms with Gasteiger partial charge in [0.1, 0.15) is 11.5 Å². The molecule has 1 fully saturated rings. The molecule has 150 valence electrons. The maximum Gasteiger partial charge on any atom is 0.350 e. The highest BCUT2D eigenvalue weighted by molar-refractivity contribution is 6.15. The van der Waals surface area contributed by atoms with Crippen molar-refractivity contribution < 1.29 is 33.3 Å². The smallest absolute Gasteiger partial charge is 0.350 e. The highest BCUT2D eigenvalue weighted by Gasteiger charge is 2.38. The summed E-state index contributed by atoms with van der Waals surface area (Å²) in [6.07, 6.45) is 1.23. The monoisotopic (exact) mass is 397 g/mol. The van der Waals surface area contributed by atoms with E-state index in [4.69, 9.17) is 14.2 Å². The number of methoxy groups -OCH3 is 1. The Morgan fingerprint density at radius 2 is 1.66 bits per heavy atom. The predicted octanol–water partition coefficient (Wildman–Crippen LogP) is 3.40. The Balaban J connectivity index is 1.69. The molecule has 8 heteroatoms. The lowest BCUT2D eigenvalue weighted by molar-refractivity contribution is -0.222. The molecule has 0 unspecified atom stereocenters. The van der Waals surface area contributed by atoms with Gasteiger partial charge in [0.25, 0.3) is 5.79 Å². The fourth-order valence-electron chi connectivity index (χ4n) is 2.50. The molecule has 0 saturated carbocycles. The predicted molar refractivity (Wildman–Crippen MR) is 102 cm³/mol. The van der Waals surface area contributed by atoms with Gasteiger partial charge in [0.15, 0.2) is 5.57 Å². The van der Waals surface area contributed by atoms with Gasteiger partial charge in [-0.2, -0.15) is 0 Å². The Morgan fingerprint density at radius 1 is 1.00 bits per heavy atom. The molecule has 0 aliphatic carbocycles. The lowest BCUT2D eigenvalue weighted by Gasteiger charge is -2.29. The van der Waals surface area contributed by atoms with Gasteiger partial charge in [-0.25, -0.2) is 14.4 Å². The van der Waals surface area contributed by atoms with Crippen LogP contribution in [0.5, 0.6) is 11.5 Å². The van der Waals surface area contributed by atoms with Crippen molar-refractivity contribution in [3.05, 3.63) is 65.9 Å². The zero-order valence-corrected chi connectivity index (χ0v) is 16.1. The number of anilines is 1. The fourth-order valence-corrected chi connectivity index (χ4v) is 2.50. The van der Waals surface area contributed by atoms with Crippen LogP contribution < -0.4 is 10.1 Å². The van der Waals surface area contributed by atoms with Crippen LogP contribution in [-0.4, -0.2) is 30.8 Å². The summed E-state index contributed by atoms with van der Waals surface area (Å²) < 4.78 is 20.5. The number of nitrogens with one attached hydrogen (secondary N) is 1. The van der Waals surface area contributed by atoms with Gasteiger partial charge in [-0.3, -0.25) is 0 Å². The maximum atomic E-state index is 12.0. The summed E-state index contributed by atoms with van der Waals surface area (Å²) in [6.45, 7) is 2.96. The molecular formula is C21H19NO7. The molecule has 0 bridgehead atoms. The Labute approximate surface area is 167 Å². The lowest BCUT2D eigenvalue weighted by atomic mass is 10.2. The van der Waals surface area contributed by atoms with E-state index in [-0.39, 0.29) is 5.57 Å². The maximum absolute atomic E-state index is 12.0. The average Bonchev–Trinajstić information content (AvgIpc) is 2.67. The molecule has 8 nitrogen and oxygen atoms in total. The van der Waals surface area contributed by atoms with E-state index in [9.17, 15) is 14.4 Å². The number of carbonyl (C=O) groups is 3. The molecule has 1 N–H and O–H groups in total. The third kappa shape index (κ3) is 4.92. The molecule has 1 aliphatic heterocycles. The summed E-state index contributed by atoms with van der Waals surface area (Å²) in [6, 6.07) is 13.3. The molecule has 2 aromatic rings. The molecule has 0 aromatic heterocycles. The number of esters is 3. The fraction of sp³-hybridized carbons (Fsp3) is 0.190. The van der Waals surface area contributed by atoms with Crippen LogP contribution in [0.15, 0.2) is 60.3 Å². The van der Waals surface area contributed by atoms with E-state index in [1.54, 1.807) is 48.5 Å². The summed E-state index contributed by atoms with van der Waals surface area (Å²) in [5.41, 5.74) is 0.747. The number of carbonyl (C=O) groups excluding carboxylic acids is 3. The largest absolute Gasteiger partial charge is 0.465 e. The first kappa shape index (κ1) is 19.9. The highest BCUT2D eigenvalue weighted by atomic mass is 16.7. The average molecular weight is 397 g/mol. The summed E-state index contributed by atoms with van der Waals surface area (Å²) in [5.74, 6) is -2.22. The minimum Gasteiger partial charge on any atom is -0.465 e. The van der Waals surface area contributed by atoms with Gasteiger partial charge in [-0.1, -0.05) is 6.07 Å². The first-order valence-corrected chi connectivity index (χ1v) is 8.67. The van der Waals surface area contributed by atoms with Gasteiger partial charge in [0.2, 0.25) is 0 Å². The normalized spacial score (nSPS) is 15.1. The van der Waals surface area contributed by atoms with Gasteiger partial charge in [-0.05, 0) is 36.4 Å². The van der Waals surface area contributed by atoms with Gasteiger partial charge >= 0.3 is 17.9 Å². The molecule has 2 aromatic carbocycles. The van der Waals surface area contributed by atoms with Crippen LogP contribution in [0.2, 0.25) is 0 Å². The lowest BCUT2D eigenvalue weighted by Crippen LogP contribution is -2.42. The van der Waals surface area contributed by atoms with Gasteiger partial charge < -0.3 is 24.3 Å². The van der Waals surface area contributed by atoms with Crippen LogP contribution in [-0.2, 0) is 23.8 Å². The standard InChI is InChI=1S/C21H19NO7/c1-21(2)28-19(24)17(20(25)29-21)12-22-14-5-4-6-16(11-14)27-15-9-7-13(8-10-15)18(23)26-3/h4-12,22H,1-3H3. The summed E-state index contributed by atoms with van der Waals surface area (Å²) >= 11 is 0. The minimum absolute atomic E-state index is 0.242. The van der Waals surface area contributed by atoms with Crippen molar-refractivity contribution in [3.8, 4) is 11.5 Å². The van der Waals surface area contributed by atoms with E-state index in [1.165, 1.54) is 27.2 Å². The molecule has 0 spiro atoms. The SMILES string of the molecule is COC(=O)c1ccc(Oc2cccc(NC=C3C(=O)OC(C)(C)OC3=O)c2)cc1. The van der Waals surface area contributed by atoms with E-state index in [2.05, 4.69) is 10.1 Å². The van der Waals surface area contributed by atoms with Gasteiger partial charge in [0.05, 0.1) is 12.7 Å². The minimum atomic E-state index is -1.29. The van der Waals surface area contributed by atoms with E-state index in [1.807, 2.05) is 0 Å². The van der Waals surface area contributed by atoms with Crippen molar-refractivity contribution in [1.29, 1.82) is 0 Å². The molecule has 1 heterocycles. The second kappa shape index (κ2) is 8.05. The van der Waals surface area contributed by atoms with Crippen LogP contribution in [0, 0.1) is 0 Å². The van der Waals surface area contributed by atoms with Crippen LogP contribution in [0.25, 0.3) is 0 Å². The summed E-state index contributed by atoms with van der Waals surface area (Å²) in [5, 5.41) is 2.86. The number of ether oxygens (including phenoxy) is 4. The number of benzene rings is 2. The Hall–Kier alpha value is -3.81. The molecule has 3 rings (SSSR count). The number of hydrogen-bond acceptors (Lipinski definition) is 8. The van der Waals surface area contributed by atoms with Crippen molar-refractivity contribution >= 4 is 23.6 Å². The zero-order chi connectivity index (χ0) is 21.0. The Bertz CT molecular complexity index is 955. The van der Waals surface area contributed by atoms with E-state index < -0.39 is 23.7 Å². The topological polar surface area (TPSA) is 100 Å². The van der Waals surface area contributed by atoms with E-state index in [0.29, 0.717) is 22.7 Å². The van der Waals surface area contributed by atoms with Crippen molar-refractivity contribution in [2.24, 2.45) is 0 Å². The number of hydrogen-bond donors (Lipinski definition) is 1. The Kier molecular flexibility index (Phi) is 5.54. The third-order valence-corrected chi connectivity index (χ3v) is 3.85. The van der Waals surface area contributed by atoms with Crippen LogP contribution in [0.4, 0.5) is 5.69 Å². The second-order valence-corrected chi connectivity index (χ2v) is 6.53. The van der Waals surface area contributed by atoms with Gasteiger partial charge in [-0.15, -0.1) is 0 Å². The summed E-state index contributed by atoms with van der Waals surface area (Å²) in [4.78, 5) is 35.4. The second-order valence-electron chi connectivity index (χ2n) is 6.53. The van der Waals surface area contributed by atoms with Crippen molar-refractivity contribution in [2.45, 2.75) is 19.6 Å². The summed E-state index contributed by atoms with van der Waals surface area (Å²) in [7, 11) is 1.31. The molecule has 1 saturated heterocycles. The first-order chi connectivity index (χ1) is 13.8. The molecule has 0 atom stereocenters. The number of rotatable bonds is 5. The Morgan fingerprint density at radius 3 is 2.28 bits per heavy atom. The quantitative estimate of drug-likeness (QED) is 0.466. The molecule has 1 aliphatic rings. The highest BCUT2D eigenvalue weighted by Crippen LogP contribution is 2.26. The number of cyclic esters (lactones) is 2. The van der Waals surface area contributed by atoms with E-state index >= 15 is 0 Å². The van der Waals surface area contributed by atoms with Crippen molar-refractivity contribution in [1.82, 2.24) is 0 Å². The molecule has 0 amide bonds. The van der Waals surface area contributed by atoms with Crippen LogP contribution in [0.1, 0.15) is 24.2 Å². The zero-order valence-electron chi connectivity index (χ0n) is 16.1. The third-order valence-electron chi connectivity index (χ3n) is 3.85. The van der Waals surface area contributed by atoms with Crippen molar-refractivity contribution in [2.75, 3.05) is 12.4 Å². The molecule has 29 heavy (non-hydrogen) atoms. The van der Waals surface area contributed by atoms with Crippen LogP contribution in [0.3, 0.4) is 0 Å². The van der Waals surface area contributed by atoms with E-state index in [0.717, 1.165) is 0 Å². The molecular weight excluding hydrogens is 378 g/mol. The molecule has 0 radical (unpaired) electrons. The first-order valence-electron chi connectivity index (χ1n) is 8.67. The van der Waals surface area contributed by atoms with Gasteiger partial charge in [0, 0.05) is 31.8 Å². The van der Waals surface area contributed by atoms with Crippen molar-refractivity contribution in [3.63, 3.8) is 0 Å².